The zero-order chi connectivity index (χ0) is 13.8. The summed E-state index contributed by atoms with van der Waals surface area (Å²) in [5, 5.41) is 11.6. The Labute approximate surface area is 106 Å². The lowest BCUT2D eigenvalue weighted by atomic mass is 10.1. The van der Waals surface area contributed by atoms with E-state index in [1.165, 1.54) is 0 Å². The van der Waals surface area contributed by atoms with Crippen LogP contribution in [0, 0.1) is 0 Å². The summed E-state index contributed by atoms with van der Waals surface area (Å²) in [4.78, 5) is 24.5. The van der Waals surface area contributed by atoms with Crippen LogP contribution in [0.25, 0.3) is 0 Å². The maximum atomic E-state index is 11.9. The van der Waals surface area contributed by atoms with Gasteiger partial charge in [-0.15, -0.1) is 0 Å². The molecule has 0 aromatic heterocycles. The van der Waals surface area contributed by atoms with E-state index in [9.17, 15) is 9.59 Å². The molecular formula is C11H21N3O4. The summed E-state index contributed by atoms with van der Waals surface area (Å²) in [5.41, 5.74) is 4.63. The average Bonchev–Trinajstić information content (AvgIpc) is 2.33. The van der Waals surface area contributed by atoms with E-state index in [4.69, 9.17) is 15.6 Å². The molecule has 0 radical (unpaired) electrons. The Morgan fingerprint density at radius 3 is 2.78 bits per heavy atom. The van der Waals surface area contributed by atoms with Crippen LogP contribution in [0.15, 0.2) is 0 Å². The van der Waals surface area contributed by atoms with Crippen LogP contribution in [0.5, 0.6) is 0 Å². The molecule has 1 aliphatic rings. The lowest BCUT2D eigenvalue weighted by Gasteiger charge is -2.42. The highest BCUT2D eigenvalue weighted by atomic mass is 16.5. The van der Waals surface area contributed by atoms with Gasteiger partial charge < -0.3 is 25.8 Å². The first kappa shape index (κ1) is 14.9. The normalized spacial score (nSPS) is 22.7. The molecule has 1 saturated heterocycles. The van der Waals surface area contributed by atoms with Gasteiger partial charge in [-0.2, -0.15) is 0 Å². The molecule has 0 aliphatic carbocycles. The summed E-state index contributed by atoms with van der Waals surface area (Å²) < 4.78 is 5.60. The molecule has 0 bridgehead atoms. The average molecular weight is 259 g/mol. The summed E-state index contributed by atoms with van der Waals surface area (Å²) in [6.07, 6.45) is -0.386. The second kappa shape index (κ2) is 6.12. The molecule has 1 fully saturated rings. The van der Waals surface area contributed by atoms with Crippen molar-refractivity contribution in [3.05, 3.63) is 0 Å². The summed E-state index contributed by atoms with van der Waals surface area (Å²) in [7, 11) is 0. The van der Waals surface area contributed by atoms with Gasteiger partial charge in [0.1, 0.15) is 0 Å². The van der Waals surface area contributed by atoms with Crippen molar-refractivity contribution in [2.75, 3.05) is 32.8 Å². The number of nitrogens with one attached hydrogen (secondary N) is 1. The van der Waals surface area contributed by atoms with Gasteiger partial charge in [0, 0.05) is 13.1 Å². The standard InChI is InChI=1S/C11H21N3O4/c1-11(2)7-14(5-8(6-15)18-11)10(17)4-13-9(16)3-12/h8,15H,3-7,12H2,1-2H3,(H,13,16). The number of nitrogens with zero attached hydrogens (tertiary/aromatic N) is 1. The number of nitrogens with two attached hydrogens (primary N) is 1. The molecular weight excluding hydrogens is 238 g/mol. The van der Waals surface area contributed by atoms with E-state index in [-0.39, 0.29) is 37.6 Å². The van der Waals surface area contributed by atoms with Crippen molar-refractivity contribution in [3.8, 4) is 0 Å². The summed E-state index contributed by atoms with van der Waals surface area (Å²) in [6, 6.07) is 0. The van der Waals surface area contributed by atoms with Crippen LogP contribution < -0.4 is 11.1 Å². The first-order valence-electron chi connectivity index (χ1n) is 5.91. The topological polar surface area (TPSA) is 105 Å². The lowest BCUT2D eigenvalue weighted by molar-refractivity contribution is -0.166. The number of carbonyl (C=O) groups excluding carboxylic acids is 2. The van der Waals surface area contributed by atoms with Crippen LogP contribution in [0.1, 0.15) is 13.8 Å². The van der Waals surface area contributed by atoms with Crippen molar-refractivity contribution in [2.45, 2.75) is 25.6 Å². The molecule has 1 heterocycles. The third-order valence-corrected chi connectivity index (χ3v) is 2.66. The molecule has 1 atom stereocenters. The Kier molecular flexibility index (Phi) is 5.06. The van der Waals surface area contributed by atoms with Crippen LogP contribution in [0.3, 0.4) is 0 Å². The van der Waals surface area contributed by atoms with Crippen LogP contribution in [0.2, 0.25) is 0 Å². The van der Waals surface area contributed by atoms with Gasteiger partial charge in [-0.05, 0) is 13.8 Å². The van der Waals surface area contributed by atoms with E-state index < -0.39 is 5.60 Å². The van der Waals surface area contributed by atoms with Crippen molar-refractivity contribution in [3.63, 3.8) is 0 Å². The van der Waals surface area contributed by atoms with Crippen molar-refractivity contribution < 1.29 is 19.4 Å². The monoisotopic (exact) mass is 259 g/mol. The SMILES string of the molecule is CC1(C)CN(C(=O)CNC(=O)CN)CC(CO)O1. The number of rotatable bonds is 4. The third kappa shape index (κ3) is 4.25. The van der Waals surface area contributed by atoms with E-state index in [0.717, 1.165) is 0 Å². The zero-order valence-electron chi connectivity index (χ0n) is 10.8. The number of morpholine rings is 1. The van der Waals surface area contributed by atoms with Gasteiger partial charge in [-0.25, -0.2) is 0 Å². The Morgan fingerprint density at radius 2 is 2.22 bits per heavy atom. The fraction of sp³-hybridized carbons (Fsp3) is 0.818. The third-order valence-electron chi connectivity index (χ3n) is 2.66. The van der Waals surface area contributed by atoms with Crippen LogP contribution in [-0.2, 0) is 14.3 Å². The highest BCUT2D eigenvalue weighted by molar-refractivity contribution is 5.85. The molecule has 2 amide bonds. The Bertz CT molecular complexity index is 319. The molecule has 104 valence electrons. The van der Waals surface area contributed by atoms with Crippen molar-refractivity contribution in [1.29, 1.82) is 0 Å². The molecule has 1 rings (SSSR count). The highest BCUT2D eigenvalue weighted by Gasteiger charge is 2.35. The Morgan fingerprint density at radius 1 is 1.56 bits per heavy atom. The number of ether oxygens (including phenoxy) is 1. The minimum Gasteiger partial charge on any atom is -0.394 e. The van der Waals surface area contributed by atoms with Crippen molar-refractivity contribution in [1.82, 2.24) is 10.2 Å². The number of aliphatic hydroxyl groups excluding tert-OH is 1. The maximum Gasteiger partial charge on any atom is 0.242 e. The predicted molar refractivity (Wildman–Crippen MR) is 64.7 cm³/mol. The molecule has 1 aliphatic heterocycles. The van der Waals surface area contributed by atoms with Gasteiger partial charge in [0.2, 0.25) is 11.8 Å². The number of hydrogen-bond acceptors (Lipinski definition) is 5. The summed E-state index contributed by atoms with van der Waals surface area (Å²) in [5.74, 6) is -0.568. The molecule has 0 aromatic rings. The minimum atomic E-state index is -0.501. The van der Waals surface area contributed by atoms with Gasteiger partial charge in [-0.1, -0.05) is 0 Å². The fourth-order valence-corrected chi connectivity index (χ4v) is 1.94. The molecule has 18 heavy (non-hydrogen) atoms. The number of hydrogen-bond donors (Lipinski definition) is 3. The largest absolute Gasteiger partial charge is 0.394 e. The first-order chi connectivity index (χ1) is 8.38. The Balaban J connectivity index is 2.53. The minimum absolute atomic E-state index is 0.0791. The number of carbonyl (C=O) groups is 2. The van der Waals surface area contributed by atoms with Crippen LogP contribution in [-0.4, -0.2) is 66.3 Å². The van der Waals surface area contributed by atoms with Gasteiger partial charge >= 0.3 is 0 Å². The molecule has 0 saturated carbocycles. The van der Waals surface area contributed by atoms with E-state index in [1.807, 2.05) is 13.8 Å². The fourth-order valence-electron chi connectivity index (χ4n) is 1.94. The van der Waals surface area contributed by atoms with Gasteiger partial charge in [0.15, 0.2) is 0 Å². The second-order valence-corrected chi connectivity index (χ2v) is 4.94. The zero-order valence-corrected chi connectivity index (χ0v) is 10.8. The highest BCUT2D eigenvalue weighted by Crippen LogP contribution is 2.20. The Hall–Kier alpha value is -1.18. The molecule has 1 unspecified atom stereocenters. The molecule has 7 heteroatoms. The van der Waals surface area contributed by atoms with Crippen LogP contribution >= 0.6 is 0 Å². The van der Waals surface area contributed by atoms with E-state index in [2.05, 4.69) is 5.32 Å². The maximum absolute atomic E-state index is 11.9. The predicted octanol–water partition coefficient (Wildman–Crippen LogP) is -1.94. The molecule has 0 spiro atoms. The van der Waals surface area contributed by atoms with E-state index in [1.54, 1.807) is 4.90 Å². The quantitative estimate of drug-likeness (QED) is 0.545. The van der Waals surface area contributed by atoms with Gasteiger partial charge in [0.05, 0.1) is 31.4 Å². The van der Waals surface area contributed by atoms with Crippen LogP contribution in [0.4, 0.5) is 0 Å². The summed E-state index contributed by atoms with van der Waals surface area (Å²) >= 11 is 0. The molecule has 7 nitrogen and oxygen atoms in total. The molecule has 4 N–H and O–H groups in total. The van der Waals surface area contributed by atoms with E-state index in [0.29, 0.717) is 13.1 Å². The van der Waals surface area contributed by atoms with Gasteiger partial charge in [-0.3, -0.25) is 9.59 Å². The summed E-state index contributed by atoms with van der Waals surface area (Å²) in [6.45, 7) is 4.12. The second-order valence-electron chi connectivity index (χ2n) is 4.94. The first-order valence-corrected chi connectivity index (χ1v) is 5.91. The van der Waals surface area contributed by atoms with Crippen molar-refractivity contribution >= 4 is 11.8 Å². The smallest absolute Gasteiger partial charge is 0.242 e. The number of aliphatic hydroxyl groups is 1. The molecule has 0 aromatic carbocycles. The van der Waals surface area contributed by atoms with Crippen molar-refractivity contribution in [2.24, 2.45) is 5.73 Å². The van der Waals surface area contributed by atoms with Gasteiger partial charge in [0.25, 0.3) is 0 Å². The van der Waals surface area contributed by atoms with E-state index >= 15 is 0 Å². The number of amides is 2. The lowest BCUT2D eigenvalue weighted by Crippen LogP contribution is -2.57.